The summed E-state index contributed by atoms with van der Waals surface area (Å²) < 4.78 is 5.25. The Morgan fingerprint density at radius 1 is 1.35 bits per heavy atom. The molecule has 0 spiro atoms. The SMILES string of the molecule is O=C(O)CSCCNC(=O)COc1ccc(Cl)cc1Cl. The van der Waals surface area contributed by atoms with Gasteiger partial charge in [-0.3, -0.25) is 9.59 Å². The third-order valence-corrected chi connectivity index (χ3v) is 3.52. The van der Waals surface area contributed by atoms with Crippen LogP contribution in [-0.4, -0.2) is 41.6 Å². The molecule has 0 aliphatic carbocycles. The van der Waals surface area contributed by atoms with Crippen LogP contribution >= 0.6 is 35.0 Å². The van der Waals surface area contributed by atoms with Crippen LogP contribution in [0.25, 0.3) is 0 Å². The smallest absolute Gasteiger partial charge is 0.313 e. The van der Waals surface area contributed by atoms with E-state index in [1.807, 2.05) is 0 Å². The molecule has 20 heavy (non-hydrogen) atoms. The van der Waals surface area contributed by atoms with Crippen molar-refractivity contribution < 1.29 is 19.4 Å². The number of thioether (sulfide) groups is 1. The molecule has 110 valence electrons. The highest BCUT2D eigenvalue weighted by molar-refractivity contribution is 7.99. The summed E-state index contributed by atoms with van der Waals surface area (Å²) in [7, 11) is 0. The fourth-order valence-corrected chi connectivity index (χ4v) is 2.24. The van der Waals surface area contributed by atoms with Gasteiger partial charge in [0.2, 0.25) is 0 Å². The van der Waals surface area contributed by atoms with Gasteiger partial charge in [-0.15, -0.1) is 11.8 Å². The molecule has 0 fully saturated rings. The number of hydrogen-bond donors (Lipinski definition) is 2. The summed E-state index contributed by atoms with van der Waals surface area (Å²) in [6, 6.07) is 4.72. The molecular formula is C12H13Cl2NO4S. The van der Waals surface area contributed by atoms with E-state index in [0.29, 0.717) is 28.1 Å². The molecule has 8 heteroatoms. The second-order valence-corrected chi connectivity index (χ2v) is 5.61. The summed E-state index contributed by atoms with van der Waals surface area (Å²) in [6.07, 6.45) is 0. The van der Waals surface area contributed by atoms with Gasteiger partial charge < -0.3 is 15.2 Å². The van der Waals surface area contributed by atoms with Gasteiger partial charge in [-0.25, -0.2) is 0 Å². The number of amides is 1. The molecule has 0 saturated carbocycles. The maximum Gasteiger partial charge on any atom is 0.313 e. The van der Waals surface area contributed by atoms with Gasteiger partial charge in [0, 0.05) is 17.3 Å². The topological polar surface area (TPSA) is 75.6 Å². The van der Waals surface area contributed by atoms with E-state index in [0.717, 1.165) is 0 Å². The zero-order valence-electron chi connectivity index (χ0n) is 10.4. The molecule has 2 N–H and O–H groups in total. The number of carboxylic acids is 1. The van der Waals surface area contributed by atoms with Crippen molar-refractivity contribution in [3.8, 4) is 5.75 Å². The number of hydrogen-bond acceptors (Lipinski definition) is 4. The van der Waals surface area contributed by atoms with Crippen LogP contribution < -0.4 is 10.1 Å². The van der Waals surface area contributed by atoms with Crippen LogP contribution in [-0.2, 0) is 9.59 Å². The number of ether oxygens (including phenoxy) is 1. The third kappa shape index (κ3) is 6.88. The Balaban J connectivity index is 2.21. The van der Waals surface area contributed by atoms with E-state index >= 15 is 0 Å². The first-order chi connectivity index (χ1) is 9.49. The van der Waals surface area contributed by atoms with Crippen LogP contribution in [0.5, 0.6) is 5.75 Å². The van der Waals surface area contributed by atoms with Crippen molar-refractivity contribution in [3.63, 3.8) is 0 Å². The minimum atomic E-state index is -0.873. The van der Waals surface area contributed by atoms with Crippen molar-refractivity contribution in [1.82, 2.24) is 5.32 Å². The highest BCUT2D eigenvalue weighted by Crippen LogP contribution is 2.27. The standard InChI is InChI=1S/C12H13Cl2NO4S/c13-8-1-2-10(9(14)5-8)19-6-11(16)15-3-4-20-7-12(17)18/h1-2,5H,3-4,6-7H2,(H,15,16)(H,17,18). The Kier molecular flexibility index (Phi) is 7.58. The number of aliphatic carboxylic acids is 1. The Morgan fingerprint density at radius 2 is 2.10 bits per heavy atom. The molecule has 1 amide bonds. The van der Waals surface area contributed by atoms with E-state index in [4.69, 9.17) is 33.0 Å². The fraction of sp³-hybridized carbons (Fsp3) is 0.333. The van der Waals surface area contributed by atoms with E-state index in [1.54, 1.807) is 12.1 Å². The fourth-order valence-electron chi connectivity index (χ4n) is 1.21. The van der Waals surface area contributed by atoms with Gasteiger partial charge in [0.25, 0.3) is 5.91 Å². The molecule has 1 aromatic rings. The number of rotatable bonds is 8. The maximum absolute atomic E-state index is 11.5. The molecule has 0 unspecified atom stereocenters. The van der Waals surface area contributed by atoms with Gasteiger partial charge in [0.15, 0.2) is 6.61 Å². The van der Waals surface area contributed by atoms with Gasteiger partial charge in [-0.2, -0.15) is 0 Å². The summed E-state index contributed by atoms with van der Waals surface area (Å²) in [5.74, 6) is -0.243. The first kappa shape index (κ1) is 16.9. The number of carboxylic acid groups (broad SMARTS) is 1. The second kappa shape index (κ2) is 8.94. The van der Waals surface area contributed by atoms with Crippen molar-refractivity contribution in [2.75, 3.05) is 24.7 Å². The van der Waals surface area contributed by atoms with Gasteiger partial charge in [0.05, 0.1) is 10.8 Å². The minimum Gasteiger partial charge on any atom is -0.482 e. The van der Waals surface area contributed by atoms with Crippen molar-refractivity contribution in [1.29, 1.82) is 0 Å². The summed E-state index contributed by atoms with van der Waals surface area (Å²) in [6.45, 7) is 0.222. The van der Waals surface area contributed by atoms with Crippen molar-refractivity contribution in [2.24, 2.45) is 0 Å². The monoisotopic (exact) mass is 337 g/mol. The van der Waals surface area contributed by atoms with E-state index < -0.39 is 5.97 Å². The predicted molar refractivity (Wildman–Crippen MR) is 79.9 cm³/mol. The van der Waals surface area contributed by atoms with Gasteiger partial charge in [0.1, 0.15) is 5.75 Å². The Labute approximate surface area is 130 Å². The van der Waals surface area contributed by atoms with Gasteiger partial charge in [-0.1, -0.05) is 23.2 Å². The van der Waals surface area contributed by atoms with Gasteiger partial charge in [-0.05, 0) is 18.2 Å². The lowest BCUT2D eigenvalue weighted by molar-refractivity contribution is -0.133. The van der Waals surface area contributed by atoms with E-state index in [2.05, 4.69) is 5.32 Å². The third-order valence-electron chi connectivity index (χ3n) is 2.05. The molecule has 0 aliphatic rings. The van der Waals surface area contributed by atoms with Crippen molar-refractivity contribution >= 4 is 46.8 Å². The maximum atomic E-state index is 11.5. The van der Waals surface area contributed by atoms with Crippen LogP contribution in [0.15, 0.2) is 18.2 Å². The summed E-state index contributed by atoms with van der Waals surface area (Å²) in [5.41, 5.74) is 0. The van der Waals surface area contributed by atoms with E-state index in [-0.39, 0.29) is 18.3 Å². The lowest BCUT2D eigenvalue weighted by atomic mass is 10.3. The van der Waals surface area contributed by atoms with E-state index in [9.17, 15) is 9.59 Å². The molecule has 0 aromatic heterocycles. The van der Waals surface area contributed by atoms with Crippen LogP contribution in [0, 0.1) is 0 Å². The van der Waals surface area contributed by atoms with Crippen LogP contribution in [0.3, 0.4) is 0 Å². The highest BCUT2D eigenvalue weighted by Gasteiger charge is 2.06. The number of carbonyl (C=O) groups excluding carboxylic acids is 1. The van der Waals surface area contributed by atoms with Crippen LogP contribution in [0.1, 0.15) is 0 Å². The number of halogens is 2. The quantitative estimate of drug-likeness (QED) is 0.712. The van der Waals surface area contributed by atoms with Crippen molar-refractivity contribution in [3.05, 3.63) is 28.2 Å². The summed E-state index contributed by atoms with van der Waals surface area (Å²) in [5, 5.41) is 11.9. The van der Waals surface area contributed by atoms with Crippen molar-refractivity contribution in [2.45, 2.75) is 0 Å². The molecule has 1 rings (SSSR count). The lowest BCUT2D eigenvalue weighted by Gasteiger charge is -2.08. The molecule has 0 heterocycles. The highest BCUT2D eigenvalue weighted by atomic mass is 35.5. The predicted octanol–water partition coefficient (Wildman–Crippen LogP) is 2.31. The van der Waals surface area contributed by atoms with Gasteiger partial charge >= 0.3 is 5.97 Å². The number of nitrogens with one attached hydrogen (secondary N) is 1. The number of benzene rings is 1. The largest absolute Gasteiger partial charge is 0.482 e. The molecule has 1 aromatic carbocycles. The van der Waals surface area contributed by atoms with E-state index in [1.165, 1.54) is 17.8 Å². The zero-order valence-corrected chi connectivity index (χ0v) is 12.7. The normalized spacial score (nSPS) is 10.1. The average molecular weight is 338 g/mol. The molecule has 0 saturated heterocycles. The Hall–Kier alpha value is -1.11. The molecule has 0 bridgehead atoms. The Bertz CT molecular complexity index is 485. The van der Waals surface area contributed by atoms with Crippen LogP contribution in [0.4, 0.5) is 0 Å². The second-order valence-electron chi connectivity index (χ2n) is 3.66. The summed E-state index contributed by atoms with van der Waals surface area (Å²) in [4.78, 5) is 21.7. The number of carbonyl (C=O) groups is 2. The Morgan fingerprint density at radius 3 is 2.75 bits per heavy atom. The summed E-state index contributed by atoms with van der Waals surface area (Å²) >= 11 is 12.9. The van der Waals surface area contributed by atoms with Crippen LogP contribution in [0.2, 0.25) is 10.0 Å². The zero-order chi connectivity index (χ0) is 15.0. The molecule has 0 aliphatic heterocycles. The molecule has 0 radical (unpaired) electrons. The molecule has 5 nitrogen and oxygen atoms in total. The molecular weight excluding hydrogens is 325 g/mol. The first-order valence-corrected chi connectivity index (χ1v) is 7.54. The minimum absolute atomic E-state index is 0.0206. The molecule has 0 atom stereocenters. The average Bonchev–Trinajstić information content (AvgIpc) is 2.37. The lowest BCUT2D eigenvalue weighted by Crippen LogP contribution is -2.30. The first-order valence-electron chi connectivity index (χ1n) is 5.63.